The fourth-order valence-electron chi connectivity index (χ4n) is 3.49. The molecule has 3 aromatic heterocycles. The summed E-state index contributed by atoms with van der Waals surface area (Å²) in [6, 6.07) is 16.7. The minimum Gasteiger partial charge on any atom is -0.419 e. The highest BCUT2D eigenvalue weighted by Gasteiger charge is 2.22. The molecule has 0 radical (unpaired) electrons. The van der Waals surface area contributed by atoms with E-state index in [1.54, 1.807) is 36.5 Å². The number of para-hydroxylation sites is 1. The van der Waals surface area contributed by atoms with E-state index < -0.39 is 4.92 Å². The van der Waals surface area contributed by atoms with Crippen molar-refractivity contribution in [3.63, 3.8) is 0 Å². The van der Waals surface area contributed by atoms with Gasteiger partial charge in [-0.2, -0.15) is 0 Å². The first-order valence-electron chi connectivity index (χ1n) is 10.6. The Morgan fingerprint density at radius 2 is 1.86 bits per heavy atom. The molecule has 0 saturated carbocycles. The minimum atomic E-state index is -0.471. The number of hydrogen-bond donors (Lipinski definition) is 0. The van der Waals surface area contributed by atoms with Gasteiger partial charge in [0.25, 0.3) is 11.2 Å². The van der Waals surface area contributed by atoms with Crippen LogP contribution in [0.4, 0.5) is 5.69 Å². The number of rotatable bonds is 6. The molecule has 0 aliphatic rings. The second-order valence-corrected chi connectivity index (χ2v) is 9.06. The number of hydrogen-bond acceptors (Lipinski definition) is 9. The number of aryl methyl sites for hydroxylation is 1. The summed E-state index contributed by atoms with van der Waals surface area (Å²) in [4.78, 5) is 33.0. The van der Waals surface area contributed by atoms with Crippen molar-refractivity contribution in [1.29, 1.82) is 0 Å². The third-order valence-corrected chi connectivity index (χ3v) is 6.31. The van der Waals surface area contributed by atoms with Crippen LogP contribution in [0.5, 0.6) is 0 Å². The van der Waals surface area contributed by atoms with E-state index in [9.17, 15) is 14.9 Å². The molecule has 0 bridgehead atoms. The Morgan fingerprint density at radius 1 is 1.09 bits per heavy atom. The summed E-state index contributed by atoms with van der Waals surface area (Å²) in [6.45, 7) is 3.80. The van der Waals surface area contributed by atoms with Gasteiger partial charge < -0.3 is 4.42 Å². The Bertz CT molecular complexity index is 1610. The minimum absolute atomic E-state index is 0.0254. The second kappa shape index (κ2) is 9.11. The first kappa shape index (κ1) is 22.4. The van der Waals surface area contributed by atoms with Crippen LogP contribution in [-0.2, 0) is 0 Å². The van der Waals surface area contributed by atoms with Gasteiger partial charge in [-0.1, -0.05) is 23.9 Å². The Labute approximate surface area is 202 Å². The summed E-state index contributed by atoms with van der Waals surface area (Å²) in [5.74, 6) is 1.04. The number of nitro groups is 1. The summed E-state index contributed by atoms with van der Waals surface area (Å²) >= 11 is 1.29. The molecule has 0 amide bonds. The van der Waals surface area contributed by atoms with Gasteiger partial charge in [0.05, 0.1) is 21.1 Å². The molecular formula is C24H18N6O4S. The van der Waals surface area contributed by atoms with E-state index in [-0.39, 0.29) is 22.4 Å². The molecule has 174 valence electrons. The number of non-ortho nitro benzene ring substituents is 1. The van der Waals surface area contributed by atoms with Crippen molar-refractivity contribution in [2.75, 3.05) is 0 Å². The van der Waals surface area contributed by atoms with Gasteiger partial charge in [0, 0.05) is 23.9 Å². The predicted molar refractivity (Wildman–Crippen MR) is 131 cm³/mol. The monoisotopic (exact) mass is 486 g/mol. The highest BCUT2D eigenvalue weighted by molar-refractivity contribution is 7.99. The van der Waals surface area contributed by atoms with Crippen molar-refractivity contribution in [3.8, 4) is 17.3 Å². The number of benzene rings is 2. The van der Waals surface area contributed by atoms with E-state index in [2.05, 4.69) is 15.2 Å². The molecule has 0 aliphatic carbocycles. The van der Waals surface area contributed by atoms with Crippen molar-refractivity contribution in [3.05, 3.63) is 98.8 Å². The molecule has 0 N–H and O–H groups in total. The quantitative estimate of drug-likeness (QED) is 0.142. The first-order chi connectivity index (χ1) is 16.9. The summed E-state index contributed by atoms with van der Waals surface area (Å²) in [5.41, 5.74) is 1.86. The number of nitro benzene ring substituents is 1. The maximum absolute atomic E-state index is 13.4. The van der Waals surface area contributed by atoms with Gasteiger partial charge in [0.1, 0.15) is 5.82 Å². The zero-order valence-electron chi connectivity index (χ0n) is 18.7. The Balaban J connectivity index is 1.51. The first-order valence-corrected chi connectivity index (χ1v) is 11.5. The standard InChI is InChI=1S/C24H18N6O4S/c1-14-11-12-25-20(13-14)29-23(31)18-5-3-4-6-19(18)26-24(29)35-15(2)21-27-28-22(34-21)16-7-9-17(10-8-16)30(32)33/h3-13,15H,1-2H3. The van der Waals surface area contributed by atoms with Crippen LogP contribution < -0.4 is 5.56 Å². The van der Waals surface area contributed by atoms with Gasteiger partial charge in [-0.25, -0.2) is 14.5 Å². The molecule has 5 rings (SSSR count). The zero-order chi connectivity index (χ0) is 24.5. The highest BCUT2D eigenvalue weighted by atomic mass is 32.2. The largest absolute Gasteiger partial charge is 0.419 e. The molecule has 2 aromatic carbocycles. The molecule has 1 unspecified atom stereocenters. The Kier molecular flexibility index (Phi) is 5.83. The smallest absolute Gasteiger partial charge is 0.269 e. The van der Waals surface area contributed by atoms with Crippen LogP contribution in [0.25, 0.3) is 28.2 Å². The Hall–Kier alpha value is -4.38. The van der Waals surface area contributed by atoms with Gasteiger partial charge in [0.15, 0.2) is 5.16 Å². The third kappa shape index (κ3) is 4.41. The van der Waals surface area contributed by atoms with Crippen molar-refractivity contribution >= 4 is 28.4 Å². The van der Waals surface area contributed by atoms with Crippen LogP contribution in [0.3, 0.4) is 0 Å². The molecule has 0 aliphatic heterocycles. The summed E-state index contributed by atoms with van der Waals surface area (Å²) in [5, 5.41) is 19.7. The number of fused-ring (bicyclic) bond motifs is 1. The number of pyridine rings is 1. The van der Waals surface area contributed by atoms with Crippen LogP contribution >= 0.6 is 11.8 Å². The van der Waals surface area contributed by atoms with Crippen molar-refractivity contribution < 1.29 is 9.34 Å². The highest BCUT2D eigenvalue weighted by Crippen LogP contribution is 2.35. The van der Waals surface area contributed by atoms with Crippen LogP contribution in [0.15, 0.2) is 81.2 Å². The molecular weight excluding hydrogens is 468 g/mol. The van der Waals surface area contributed by atoms with Crippen LogP contribution in [0, 0.1) is 17.0 Å². The average Bonchev–Trinajstić information content (AvgIpc) is 3.35. The van der Waals surface area contributed by atoms with E-state index in [1.165, 1.54) is 28.5 Å². The topological polar surface area (TPSA) is 130 Å². The molecule has 35 heavy (non-hydrogen) atoms. The molecule has 1 atom stereocenters. The number of nitrogens with zero attached hydrogens (tertiary/aromatic N) is 6. The Morgan fingerprint density at radius 3 is 2.60 bits per heavy atom. The fraction of sp³-hybridized carbons (Fsp3) is 0.125. The van der Waals surface area contributed by atoms with E-state index in [0.717, 1.165) is 5.56 Å². The summed E-state index contributed by atoms with van der Waals surface area (Å²) in [6.07, 6.45) is 1.65. The van der Waals surface area contributed by atoms with E-state index in [1.807, 2.05) is 32.0 Å². The van der Waals surface area contributed by atoms with Crippen LogP contribution in [0.2, 0.25) is 0 Å². The van der Waals surface area contributed by atoms with Gasteiger partial charge >= 0.3 is 0 Å². The molecule has 0 spiro atoms. The molecule has 5 aromatic rings. The van der Waals surface area contributed by atoms with Gasteiger partial charge in [-0.3, -0.25) is 14.9 Å². The van der Waals surface area contributed by atoms with E-state index in [4.69, 9.17) is 9.40 Å². The summed E-state index contributed by atoms with van der Waals surface area (Å²) < 4.78 is 7.33. The normalized spacial score (nSPS) is 12.1. The van der Waals surface area contributed by atoms with Crippen LogP contribution in [-0.4, -0.2) is 29.7 Å². The molecule has 3 heterocycles. The van der Waals surface area contributed by atoms with Gasteiger partial charge in [-0.15, -0.1) is 10.2 Å². The number of thioether (sulfide) groups is 1. The molecule has 0 fully saturated rings. The van der Waals surface area contributed by atoms with E-state index in [0.29, 0.717) is 33.3 Å². The lowest BCUT2D eigenvalue weighted by Crippen LogP contribution is -2.23. The molecule has 10 nitrogen and oxygen atoms in total. The lowest BCUT2D eigenvalue weighted by Gasteiger charge is -2.14. The second-order valence-electron chi connectivity index (χ2n) is 7.75. The number of aromatic nitrogens is 5. The SMILES string of the molecule is Cc1ccnc(-n2c(SC(C)c3nnc(-c4ccc([N+](=O)[O-])cc4)o3)nc3ccccc3c2=O)c1. The molecule has 0 saturated heterocycles. The maximum atomic E-state index is 13.4. The summed E-state index contributed by atoms with van der Waals surface area (Å²) in [7, 11) is 0. The fourth-order valence-corrected chi connectivity index (χ4v) is 4.43. The van der Waals surface area contributed by atoms with Crippen molar-refractivity contribution in [2.45, 2.75) is 24.3 Å². The van der Waals surface area contributed by atoms with Gasteiger partial charge in [-0.05, 0) is 55.8 Å². The predicted octanol–water partition coefficient (Wildman–Crippen LogP) is 4.90. The molecule has 11 heteroatoms. The zero-order valence-corrected chi connectivity index (χ0v) is 19.5. The van der Waals surface area contributed by atoms with E-state index >= 15 is 0 Å². The average molecular weight is 487 g/mol. The van der Waals surface area contributed by atoms with Crippen molar-refractivity contribution in [2.24, 2.45) is 0 Å². The third-order valence-electron chi connectivity index (χ3n) is 5.27. The lowest BCUT2D eigenvalue weighted by atomic mass is 10.2. The van der Waals surface area contributed by atoms with Gasteiger partial charge in [0.2, 0.25) is 11.8 Å². The lowest BCUT2D eigenvalue weighted by molar-refractivity contribution is -0.384. The van der Waals surface area contributed by atoms with Crippen LogP contribution in [0.1, 0.15) is 23.6 Å². The maximum Gasteiger partial charge on any atom is 0.269 e. The van der Waals surface area contributed by atoms with Crippen molar-refractivity contribution in [1.82, 2.24) is 24.7 Å².